The molecule has 2 saturated carbocycles. The number of sulfone groups is 1. The maximum atomic E-state index is 13.7. The average molecular weight is 633 g/mol. The van der Waals surface area contributed by atoms with Gasteiger partial charge in [0.15, 0.2) is 27.3 Å². The maximum Gasteiger partial charge on any atom is 0.255 e. The number of amides is 2. The van der Waals surface area contributed by atoms with Gasteiger partial charge in [0.25, 0.3) is 5.91 Å². The van der Waals surface area contributed by atoms with E-state index < -0.39 is 73.5 Å². The number of fused-ring (bicyclic) bond motifs is 2. The third kappa shape index (κ3) is 6.45. The Kier molecular flexibility index (Phi) is 9.02. The van der Waals surface area contributed by atoms with Gasteiger partial charge in [-0.3, -0.25) is 9.59 Å². The van der Waals surface area contributed by atoms with Crippen molar-refractivity contribution in [3.8, 4) is 0 Å². The quantitative estimate of drug-likeness (QED) is 0.266. The molecule has 9 nitrogen and oxygen atoms in total. The van der Waals surface area contributed by atoms with Crippen LogP contribution in [-0.2, 0) is 14.6 Å². The molecule has 0 saturated heterocycles. The van der Waals surface area contributed by atoms with Gasteiger partial charge in [0.05, 0.1) is 38.9 Å². The summed E-state index contributed by atoms with van der Waals surface area (Å²) in [7, 11) is -4.14. The SMILES string of the molecule is CC(C)(O)C(O)CNC(=O)C[C@]1(O)C2CCC1C[C@@H](S(=O)(=O)c1cc(C(=O)Nc3cc(F)c(F)c(F)c3)ccc1Cl)C2. The second-order valence-corrected chi connectivity index (χ2v) is 14.2. The Balaban J connectivity index is 1.48. The third-order valence-electron chi connectivity index (χ3n) is 8.30. The first kappa shape index (κ1) is 32.2. The van der Waals surface area contributed by atoms with Crippen LogP contribution in [0.15, 0.2) is 35.2 Å². The molecule has 230 valence electrons. The van der Waals surface area contributed by atoms with Crippen LogP contribution < -0.4 is 10.6 Å². The maximum absolute atomic E-state index is 13.7. The number of hydrogen-bond donors (Lipinski definition) is 5. The summed E-state index contributed by atoms with van der Waals surface area (Å²) in [5.74, 6) is -7.22. The Morgan fingerprint density at radius 3 is 2.21 bits per heavy atom. The predicted molar refractivity (Wildman–Crippen MR) is 147 cm³/mol. The van der Waals surface area contributed by atoms with Crippen molar-refractivity contribution in [2.45, 2.75) is 73.4 Å². The van der Waals surface area contributed by atoms with E-state index in [1.165, 1.54) is 26.0 Å². The third-order valence-corrected chi connectivity index (χ3v) is 11.0. The molecule has 3 unspecified atom stereocenters. The number of carbonyl (C=O) groups is 2. The topological polar surface area (TPSA) is 153 Å². The number of nitrogens with one attached hydrogen (secondary N) is 2. The first-order valence-electron chi connectivity index (χ1n) is 13.3. The van der Waals surface area contributed by atoms with Crippen LogP contribution in [0.3, 0.4) is 0 Å². The van der Waals surface area contributed by atoms with Crippen LogP contribution in [0.4, 0.5) is 18.9 Å². The molecule has 0 aliphatic heterocycles. The molecule has 14 heteroatoms. The van der Waals surface area contributed by atoms with Crippen molar-refractivity contribution in [1.29, 1.82) is 0 Å². The molecule has 0 aromatic heterocycles. The zero-order valence-corrected chi connectivity index (χ0v) is 24.4. The molecule has 0 radical (unpaired) electrons. The lowest BCUT2D eigenvalue weighted by Gasteiger charge is -2.42. The minimum absolute atomic E-state index is 0.0375. The van der Waals surface area contributed by atoms with Crippen LogP contribution in [0.2, 0.25) is 5.02 Å². The number of benzene rings is 2. The van der Waals surface area contributed by atoms with Gasteiger partial charge in [-0.1, -0.05) is 11.6 Å². The van der Waals surface area contributed by atoms with Gasteiger partial charge in [0.1, 0.15) is 0 Å². The molecule has 2 amide bonds. The van der Waals surface area contributed by atoms with Gasteiger partial charge < -0.3 is 26.0 Å². The van der Waals surface area contributed by atoms with Crippen LogP contribution >= 0.6 is 11.6 Å². The molecule has 2 aliphatic rings. The molecule has 4 rings (SSSR count). The van der Waals surface area contributed by atoms with Crippen molar-refractivity contribution in [1.82, 2.24) is 5.32 Å². The van der Waals surface area contributed by atoms with Crippen molar-refractivity contribution in [2.75, 3.05) is 11.9 Å². The molecule has 2 fully saturated rings. The summed E-state index contributed by atoms with van der Waals surface area (Å²) in [5, 5.41) is 34.9. The van der Waals surface area contributed by atoms with E-state index in [2.05, 4.69) is 10.6 Å². The lowest BCUT2D eigenvalue weighted by Crippen LogP contribution is -2.52. The van der Waals surface area contributed by atoms with Crippen LogP contribution in [0.1, 0.15) is 56.3 Å². The lowest BCUT2D eigenvalue weighted by atomic mass is 9.72. The molecular formula is C28H32ClF3N2O7S. The van der Waals surface area contributed by atoms with Gasteiger partial charge >= 0.3 is 0 Å². The van der Waals surface area contributed by atoms with Gasteiger partial charge in [0.2, 0.25) is 5.91 Å². The Morgan fingerprint density at radius 2 is 1.67 bits per heavy atom. The highest BCUT2D eigenvalue weighted by Crippen LogP contribution is 2.53. The minimum Gasteiger partial charge on any atom is -0.389 e. The minimum atomic E-state index is -4.14. The summed E-state index contributed by atoms with van der Waals surface area (Å²) >= 11 is 6.24. The van der Waals surface area contributed by atoms with E-state index in [1.807, 2.05) is 0 Å². The fourth-order valence-electron chi connectivity index (χ4n) is 5.81. The van der Waals surface area contributed by atoms with Gasteiger partial charge in [-0.25, -0.2) is 21.6 Å². The standard InChI is InChI=1S/C28H32ClF3N2O7S/c1-27(2,38)23(35)13-33-24(36)12-28(39)15-4-5-16(28)9-18(8-15)42(40,41)22-7-14(3-6-19(22)29)26(37)34-17-10-20(30)25(32)21(31)11-17/h3,6-7,10-11,15-16,18,23,35,38-39H,4-5,8-9,12-13H2,1-2H3,(H,33,36)(H,34,37)/t15?,16?,18-,23?,28-. The molecular weight excluding hydrogens is 601 g/mol. The van der Waals surface area contributed by atoms with Crippen LogP contribution in [0.25, 0.3) is 0 Å². The van der Waals surface area contributed by atoms with E-state index in [-0.39, 0.29) is 47.0 Å². The molecule has 2 bridgehead atoms. The summed E-state index contributed by atoms with van der Waals surface area (Å²) in [4.78, 5) is 25.0. The lowest BCUT2D eigenvalue weighted by molar-refractivity contribution is -0.134. The van der Waals surface area contributed by atoms with Crippen LogP contribution in [-0.4, -0.2) is 64.7 Å². The second kappa shape index (κ2) is 11.8. The Labute approximate surface area is 246 Å². The van der Waals surface area contributed by atoms with Gasteiger partial charge in [-0.05, 0) is 69.6 Å². The van der Waals surface area contributed by atoms with Gasteiger partial charge in [0, 0.05) is 29.9 Å². The number of anilines is 1. The number of aliphatic hydroxyl groups is 3. The number of halogens is 4. The Morgan fingerprint density at radius 1 is 1.10 bits per heavy atom. The normalized spacial score (nSPS) is 24.7. The number of carbonyl (C=O) groups excluding carboxylic acids is 2. The Hall–Kier alpha value is -2.71. The molecule has 42 heavy (non-hydrogen) atoms. The van der Waals surface area contributed by atoms with E-state index in [9.17, 15) is 46.5 Å². The molecule has 2 aliphatic carbocycles. The molecule has 5 N–H and O–H groups in total. The highest BCUT2D eigenvalue weighted by atomic mass is 35.5. The van der Waals surface area contributed by atoms with E-state index >= 15 is 0 Å². The largest absolute Gasteiger partial charge is 0.389 e. The Bertz CT molecular complexity index is 1460. The first-order chi connectivity index (χ1) is 19.4. The zero-order chi connectivity index (χ0) is 31.2. The van der Waals surface area contributed by atoms with Gasteiger partial charge in [-0.2, -0.15) is 0 Å². The highest BCUT2D eigenvalue weighted by molar-refractivity contribution is 7.92. The van der Waals surface area contributed by atoms with E-state index in [0.717, 1.165) is 6.07 Å². The van der Waals surface area contributed by atoms with Crippen LogP contribution in [0, 0.1) is 29.3 Å². The summed E-state index contributed by atoms with van der Waals surface area (Å²) < 4.78 is 67.8. The van der Waals surface area contributed by atoms with E-state index in [4.69, 9.17) is 11.6 Å². The van der Waals surface area contributed by atoms with Crippen molar-refractivity contribution < 1.29 is 46.5 Å². The monoisotopic (exact) mass is 632 g/mol. The summed E-state index contributed by atoms with van der Waals surface area (Å²) in [5.41, 5.74) is -3.45. The predicted octanol–water partition coefficient (Wildman–Crippen LogP) is 3.34. The van der Waals surface area contributed by atoms with Crippen molar-refractivity contribution in [2.24, 2.45) is 11.8 Å². The van der Waals surface area contributed by atoms with Gasteiger partial charge in [-0.15, -0.1) is 0 Å². The molecule has 0 spiro atoms. The van der Waals surface area contributed by atoms with Crippen LogP contribution in [0.5, 0.6) is 0 Å². The number of rotatable bonds is 9. The van der Waals surface area contributed by atoms with E-state index in [1.54, 1.807) is 0 Å². The molecule has 2 aromatic rings. The summed E-state index contributed by atoms with van der Waals surface area (Å²) in [6, 6.07) is 4.64. The molecule has 0 heterocycles. The highest BCUT2D eigenvalue weighted by Gasteiger charge is 2.56. The second-order valence-electron chi connectivity index (χ2n) is 11.6. The van der Waals surface area contributed by atoms with Crippen molar-refractivity contribution in [3.05, 3.63) is 58.4 Å². The van der Waals surface area contributed by atoms with E-state index in [0.29, 0.717) is 25.0 Å². The zero-order valence-electron chi connectivity index (χ0n) is 22.8. The fraction of sp³-hybridized carbons (Fsp3) is 0.500. The van der Waals surface area contributed by atoms with Crippen molar-refractivity contribution in [3.63, 3.8) is 0 Å². The summed E-state index contributed by atoms with van der Waals surface area (Å²) in [6.45, 7) is 2.56. The average Bonchev–Trinajstić information content (AvgIpc) is 3.05. The first-order valence-corrected chi connectivity index (χ1v) is 15.2. The molecule has 2 aromatic carbocycles. The smallest absolute Gasteiger partial charge is 0.255 e. The van der Waals surface area contributed by atoms with Crippen molar-refractivity contribution >= 4 is 38.9 Å². The number of aliphatic hydroxyl groups excluding tert-OH is 1. The molecule has 3 atom stereocenters. The summed E-state index contributed by atoms with van der Waals surface area (Å²) in [6.07, 6.45) is -0.462. The number of hydrogen-bond acceptors (Lipinski definition) is 7. The fourth-order valence-corrected chi connectivity index (χ4v) is 8.21.